The number of benzene rings is 10. The van der Waals surface area contributed by atoms with Crippen molar-refractivity contribution in [2.75, 3.05) is 4.90 Å². The van der Waals surface area contributed by atoms with Gasteiger partial charge in [-0.3, -0.25) is 0 Å². The van der Waals surface area contributed by atoms with Gasteiger partial charge >= 0.3 is 0 Å². The molecular weight excluding hydrogens is 991 g/mol. The second kappa shape index (κ2) is 17.0. The maximum Gasteiger partial charge on any atom is 0.143 e. The van der Waals surface area contributed by atoms with E-state index in [4.69, 9.17) is 9.15 Å². The van der Waals surface area contributed by atoms with E-state index in [1.165, 1.54) is 87.7 Å². The third-order valence-corrected chi connectivity index (χ3v) is 19.3. The molecule has 16 rings (SSSR count). The molecule has 2 spiro atoms. The molecule has 4 heteroatoms. The second-order valence-corrected chi connectivity index (χ2v) is 25.7. The van der Waals surface area contributed by atoms with Crippen molar-refractivity contribution in [2.45, 2.75) is 85.8 Å². The Labute approximate surface area is 472 Å². The Hall–Kier alpha value is -8.57. The van der Waals surface area contributed by atoms with Gasteiger partial charge in [0.05, 0.1) is 16.5 Å². The van der Waals surface area contributed by atoms with E-state index in [1.54, 1.807) is 0 Å². The summed E-state index contributed by atoms with van der Waals surface area (Å²) in [6.07, 6.45) is 6.50. The van der Waals surface area contributed by atoms with Crippen LogP contribution in [0.2, 0.25) is 0 Å². The zero-order valence-electron chi connectivity index (χ0n) is 45.9. The van der Waals surface area contributed by atoms with E-state index < -0.39 is 10.8 Å². The van der Waals surface area contributed by atoms with Crippen LogP contribution >= 0.6 is 11.8 Å². The van der Waals surface area contributed by atoms with Gasteiger partial charge in [-0.1, -0.05) is 223 Å². The summed E-state index contributed by atoms with van der Waals surface area (Å²) in [5.41, 5.74) is 23.7. The van der Waals surface area contributed by atoms with Gasteiger partial charge in [0.15, 0.2) is 0 Å². The van der Waals surface area contributed by atoms with Gasteiger partial charge in [0.2, 0.25) is 0 Å². The number of para-hydroxylation sites is 4. The molecule has 0 radical (unpaired) electrons. The van der Waals surface area contributed by atoms with E-state index in [-0.39, 0.29) is 10.8 Å². The summed E-state index contributed by atoms with van der Waals surface area (Å²) in [7, 11) is 0. The third kappa shape index (κ3) is 6.51. The van der Waals surface area contributed by atoms with Crippen LogP contribution in [0.1, 0.15) is 104 Å². The van der Waals surface area contributed by atoms with Crippen LogP contribution in [0.3, 0.4) is 0 Å². The van der Waals surface area contributed by atoms with Gasteiger partial charge in [0.25, 0.3) is 0 Å². The standard InChI is InChI=1S/C76H59NO2S/c1-73(2,3)46-34-40-70-64(42-46)76(65-43-47(74(4,5)6)35-41-71(65)80-70)59-27-12-8-21-51(59)53-39-37-49(45-63(53)76)77(66-30-15-9-22-54(66)56-24-19-25-57-55-23-10-16-31-67(55)79-72(56)57)48-36-38-52-50-20-7-11-26-58(50)75(62(52)44-48)60-28-13-17-32-68(60)78-69-33-18-14-29-61(69)75/h7-17,19-32,34-45H,18,33H2,1-6H3. The van der Waals surface area contributed by atoms with Gasteiger partial charge in [-0.05, 0) is 139 Å². The van der Waals surface area contributed by atoms with E-state index in [0.29, 0.717) is 0 Å². The Kier molecular flexibility index (Phi) is 10.1. The van der Waals surface area contributed by atoms with E-state index in [2.05, 4.69) is 271 Å². The number of furan rings is 1. The number of hydrogen-bond acceptors (Lipinski definition) is 4. The maximum atomic E-state index is 6.92. The van der Waals surface area contributed by atoms with Crippen molar-refractivity contribution >= 4 is 50.8 Å². The molecule has 10 aromatic carbocycles. The summed E-state index contributed by atoms with van der Waals surface area (Å²) in [6, 6.07) is 80.5. The lowest BCUT2D eigenvalue weighted by molar-refractivity contribution is 0.364. The van der Waals surface area contributed by atoms with Crippen LogP contribution in [0.15, 0.2) is 250 Å². The number of nitrogens with zero attached hydrogens (tertiary/aromatic N) is 1. The molecule has 3 heterocycles. The maximum absolute atomic E-state index is 6.92. The molecule has 0 saturated heterocycles. The molecule has 11 aromatic rings. The van der Waals surface area contributed by atoms with Gasteiger partial charge in [0.1, 0.15) is 22.7 Å². The van der Waals surface area contributed by atoms with Crippen molar-refractivity contribution in [3.63, 3.8) is 0 Å². The highest BCUT2D eigenvalue weighted by Crippen LogP contribution is 2.65. The quantitative estimate of drug-likeness (QED) is 0.175. The number of ether oxygens (including phenoxy) is 1. The van der Waals surface area contributed by atoms with Gasteiger partial charge < -0.3 is 14.1 Å². The van der Waals surface area contributed by atoms with Gasteiger partial charge in [-0.2, -0.15) is 0 Å². The van der Waals surface area contributed by atoms with Crippen LogP contribution in [0.4, 0.5) is 17.1 Å². The minimum atomic E-state index is -0.628. The normalized spacial score (nSPS) is 16.9. The second-order valence-electron chi connectivity index (χ2n) is 24.6. The van der Waals surface area contributed by atoms with Crippen molar-refractivity contribution in [2.24, 2.45) is 0 Å². The summed E-state index contributed by atoms with van der Waals surface area (Å²) < 4.78 is 13.8. The zero-order valence-corrected chi connectivity index (χ0v) is 46.8. The molecule has 0 saturated carbocycles. The molecule has 0 fully saturated rings. The number of allylic oxidation sites excluding steroid dienone is 4. The number of hydrogen-bond donors (Lipinski definition) is 0. The molecule has 3 aliphatic carbocycles. The summed E-state index contributed by atoms with van der Waals surface area (Å²) in [4.78, 5) is 5.15. The first-order valence-electron chi connectivity index (χ1n) is 28.4. The smallest absolute Gasteiger partial charge is 0.143 e. The molecule has 3 nitrogen and oxygen atoms in total. The van der Waals surface area contributed by atoms with Crippen molar-refractivity contribution in [3.05, 3.63) is 286 Å². The van der Waals surface area contributed by atoms with Crippen LogP contribution in [0.5, 0.6) is 5.75 Å². The molecule has 1 unspecified atom stereocenters. The number of fused-ring (bicyclic) bond motifs is 20. The molecule has 0 amide bonds. The lowest BCUT2D eigenvalue weighted by atomic mass is 9.64. The van der Waals surface area contributed by atoms with E-state index >= 15 is 0 Å². The van der Waals surface area contributed by atoms with E-state index in [9.17, 15) is 0 Å². The number of rotatable bonds is 4. The fraction of sp³-hybridized carbons (Fsp3) is 0.158. The first-order valence-corrected chi connectivity index (χ1v) is 29.2. The van der Waals surface area contributed by atoms with Crippen LogP contribution in [0.25, 0.3) is 55.3 Å². The SMILES string of the molecule is CC(C)(C)c1ccc2c(c1)C1(c3cc(C(C)(C)C)ccc3S2)c2ccccc2-c2ccc(N(c3ccc4c(c3)C3(C5=C(CCC=C5)Oc5ccccc53)c3ccccc3-4)c3ccccc3-c3cccc4c3oc3ccccc34)cc21. The zero-order chi connectivity index (χ0) is 53.9. The predicted molar refractivity (Wildman–Crippen MR) is 330 cm³/mol. The third-order valence-electron chi connectivity index (χ3n) is 18.2. The highest BCUT2D eigenvalue weighted by molar-refractivity contribution is 7.99. The molecule has 1 atom stereocenters. The first-order chi connectivity index (χ1) is 38.9. The molecule has 1 aromatic heterocycles. The Morgan fingerprint density at radius 3 is 1.65 bits per heavy atom. The van der Waals surface area contributed by atoms with Crippen molar-refractivity contribution in [1.82, 2.24) is 0 Å². The Balaban J connectivity index is 1.01. The highest BCUT2D eigenvalue weighted by Gasteiger charge is 2.54. The summed E-state index contributed by atoms with van der Waals surface area (Å²) in [5, 5.41) is 2.22. The van der Waals surface area contributed by atoms with Crippen LogP contribution in [-0.4, -0.2) is 0 Å². The van der Waals surface area contributed by atoms with Crippen LogP contribution < -0.4 is 9.64 Å². The first kappa shape index (κ1) is 47.4. The van der Waals surface area contributed by atoms with E-state index in [1.807, 2.05) is 11.8 Å². The minimum Gasteiger partial charge on any atom is -0.461 e. The fourth-order valence-electron chi connectivity index (χ4n) is 14.5. The van der Waals surface area contributed by atoms with Gasteiger partial charge in [0, 0.05) is 60.6 Å². The molecule has 80 heavy (non-hydrogen) atoms. The molecule has 386 valence electrons. The fourth-order valence-corrected chi connectivity index (χ4v) is 15.7. The van der Waals surface area contributed by atoms with Crippen molar-refractivity contribution in [3.8, 4) is 39.1 Å². The Morgan fingerprint density at radius 2 is 0.975 bits per heavy atom. The van der Waals surface area contributed by atoms with Crippen molar-refractivity contribution in [1.29, 1.82) is 0 Å². The minimum absolute atomic E-state index is 0.0692. The molecule has 2 aliphatic heterocycles. The average Bonchev–Trinajstić information content (AvgIpc) is 4.20. The summed E-state index contributed by atoms with van der Waals surface area (Å²) in [6.45, 7) is 14.1. The lowest BCUT2D eigenvalue weighted by Crippen LogP contribution is -2.35. The summed E-state index contributed by atoms with van der Waals surface area (Å²) >= 11 is 1.92. The Bertz CT molecular complexity index is 4470. The highest BCUT2D eigenvalue weighted by atomic mass is 32.2. The number of anilines is 3. The van der Waals surface area contributed by atoms with Gasteiger partial charge in [-0.25, -0.2) is 0 Å². The Morgan fingerprint density at radius 1 is 0.438 bits per heavy atom. The average molecular weight is 1050 g/mol. The van der Waals surface area contributed by atoms with E-state index in [0.717, 1.165) is 74.5 Å². The molecule has 0 N–H and O–H groups in total. The molecular formula is C76H59NO2S. The van der Waals surface area contributed by atoms with Crippen molar-refractivity contribution < 1.29 is 9.15 Å². The predicted octanol–water partition coefficient (Wildman–Crippen LogP) is 20.5. The molecule has 5 aliphatic rings. The molecule has 0 bridgehead atoms. The lowest BCUT2D eigenvalue weighted by Gasteiger charge is -2.42. The monoisotopic (exact) mass is 1050 g/mol. The summed E-state index contributed by atoms with van der Waals surface area (Å²) in [5.74, 6) is 1.98. The largest absolute Gasteiger partial charge is 0.461 e. The topological polar surface area (TPSA) is 25.6 Å². The van der Waals surface area contributed by atoms with Crippen LogP contribution in [0, 0.1) is 0 Å². The van der Waals surface area contributed by atoms with Crippen LogP contribution in [-0.2, 0) is 21.7 Å². The van der Waals surface area contributed by atoms with Gasteiger partial charge in [-0.15, -0.1) is 0 Å².